The number of likely N-dealkylation sites (N-methyl/N-ethyl adjacent to an activating group) is 1. The van der Waals surface area contributed by atoms with Crippen LogP contribution in [0, 0.1) is 0 Å². The summed E-state index contributed by atoms with van der Waals surface area (Å²) in [5.41, 5.74) is 3.59. The van der Waals surface area contributed by atoms with Crippen LogP contribution in [0.4, 0.5) is 0 Å². The summed E-state index contributed by atoms with van der Waals surface area (Å²) in [4.78, 5) is 8.23. The molecular formula is C15H21N3O. The van der Waals surface area contributed by atoms with E-state index in [4.69, 9.17) is 9.72 Å². The van der Waals surface area contributed by atoms with Crippen molar-refractivity contribution in [3.63, 3.8) is 0 Å². The summed E-state index contributed by atoms with van der Waals surface area (Å²) in [6, 6.07) is 6.52. The van der Waals surface area contributed by atoms with E-state index in [2.05, 4.69) is 28.5 Å². The number of benzene rings is 1. The predicted octanol–water partition coefficient (Wildman–Crippen LogP) is 2.22. The Morgan fingerprint density at radius 2 is 2.21 bits per heavy atom. The number of ether oxygens (including phenoxy) is 1. The van der Waals surface area contributed by atoms with Crippen LogP contribution in [0.1, 0.15) is 30.1 Å². The van der Waals surface area contributed by atoms with Gasteiger partial charge in [0.1, 0.15) is 5.82 Å². The van der Waals surface area contributed by atoms with E-state index in [1.54, 1.807) is 0 Å². The molecule has 0 saturated carbocycles. The number of rotatable bonds is 4. The number of aromatic amines is 1. The van der Waals surface area contributed by atoms with Gasteiger partial charge in [0, 0.05) is 19.1 Å². The highest BCUT2D eigenvalue weighted by atomic mass is 16.5. The first-order valence-corrected chi connectivity index (χ1v) is 7.07. The van der Waals surface area contributed by atoms with Crippen molar-refractivity contribution in [1.82, 2.24) is 15.3 Å². The minimum atomic E-state index is 0.530. The Morgan fingerprint density at radius 1 is 1.37 bits per heavy atom. The Balaban J connectivity index is 1.83. The van der Waals surface area contributed by atoms with Gasteiger partial charge in [0.2, 0.25) is 0 Å². The number of imidazole rings is 1. The number of aromatic nitrogens is 2. The molecule has 4 nitrogen and oxygen atoms in total. The lowest BCUT2D eigenvalue weighted by Crippen LogP contribution is -2.15. The Labute approximate surface area is 113 Å². The molecule has 19 heavy (non-hydrogen) atoms. The zero-order valence-corrected chi connectivity index (χ0v) is 11.4. The second kappa shape index (κ2) is 5.72. The fourth-order valence-corrected chi connectivity index (χ4v) is 2.67. The average Bonchev–Trinajstić information content (AvgIpc) is 2.89. The third-order valence-corrected chi connectivity index (χ3v) is 3.84. The predicted molar refractivity (Wildman–Crippen MR) is 76.5 cm³/mol. The number of nitrogens with zero attached hydrogens (tertiary/aromatic N) is 1. The van der Waals surface area contributed by atoms with Crippen molar-refractivity contribution >= 4 is 11.0 Å². The molecule has 1 fully saturated rings. The minimum Gasteiger partial charge on any atom is -0.381 e. The van der Waals surface area contributed by atoms with Gasteiger partial charge < -0.3 is 15.0 Å². The quantitative estimate of drug-likeness (QED) is 0.885. The smallest absolute Gasteiger partial charge is 0.110 e. The van der Waals surface area contributed by atoms with Crippen LogP contribution in [-0.2, 0) is 11.2 Å². The van der Waals surface area contributed by atoms with Crippen LogP contribution >= 0.6 is 0 Å². The fourth-order valence-electron chi connectivity index (χ4n) is 2.67. The molecule has 1 aliphatic rings. The summed E-state index contributed by atoms with van der Waals surface area (Å²) < 4.78 is 5.41. The zero-order chi connectivity index (χ0) is 13.1. The van der Waals surface area contributed by atoms with E-state index in [1.165, 1.54) is 5.56 Å². The number of nitrogens with one attached hydrogen (secondary N) is 2. The van der Waals surface area contributed by atoms with Gasteiger partial charge in [0.15, 0.2) is 0 Å². The topological polar surface area (TPSA) is 49.9 Å². The summed E-state index contributed by atoms with van der Waals surface area (Å²) >= 11 is 0. The molecule has 3 rings (SSSR count). The molecule has 1 aromatic carbocycles. The first kappa shape index (κ1) is 12.6. The van der Waals surface area contributed by atoms with E-state index in [0.29, 0.717) is 5.92 Å². The standard InChI is InChI=1S/C15H21N3O/c1-16-7-4-11-2-3-13-14(10-11)18-15(17-13)12-5-8-19-9-6-12/h2-3,10,12,16H,4-9H2,1H3,(H,17,18). The number of H-pyrrole nitrogens is 1. The molecule has 0 amide bonds. The van der Waals surface area contributed by atoms with E-state index in [9.17, 15) is 0 Å². The van der Waals surface area contributed by atoms with E-state index >= 15 is 0 Å². The summed E-state index contributed by atoms with van der Waals surface area (Å²) in [5, 5.41) is 3.18. The highest BCUT2D eigenvalue weighted by Crippen LogP contribution is 2.26. The third kappa shape index (κ3) is 2.80. The molecule has 0 atom stereocenters. The highest BCUT2D eigenvalue weighted by molar-refractivity contribution is 5.76. The normalized spacial score (nSPS) is 17.1. The molecule has 2 heterocycles. The maximum absolute atomic E-state index is 5.41. The molecule has 0 unspecified atom stereocenters. The highest BCUT2D eigenvalue weighted by Gasteiger charge is 2.19. The largest absolute Gasteiger partial charge is 0.381 e. The monoisotopic (exact) mass is 259 g/mol. The van der Waals surface area contributed by atoms with Crippen molar-refractivity contribution in [2.75, 3.05) is 26.8 Å². The maximum atomic E-state index is 5.41. The number of hydrogen-bond donors (Lipinski definition) is 2. The molecule has 0 radical (unpaired) electrons. The molecule has 0 bridgehead atoms. The SMILES string of the molecule is CNCCc1ccc2nc(C3CCOCC3)[nH]c2c1. The first-order valence-electron chi connectivity index (χ1n) is 7.07. The molecule has 102 valence electrons. The third-order valence-electron chi connectivity index (χ3n) is 3.84. The van der Waals surface area contributed by atoms with Crippen LogP contribution in [0.2, 0.25) is 0 Å². The van der Waals surface area contributed by atoms with E-state index in [0.717, 1.165) is 55.9 Å². The second-order valence-electron chi connectivity index (χ2n) is 5.21. The Bertz CT molecular complexity index is 543. The molecule has 0 spiro atoms. The van der Waals surface area contributed by atoms with Gasteiger partial charge in [-0.25, -0.2) is 4.98 Å². The van der Waals surface area contributed by atoms with Crippen LogP contribution in [0.15, 0.2) is 18.2 Å². The second-order valence-corrected chi connectivity index (χ2v) is 5.21. The van der Waals surface area contributed by atoms with Gasteiger partial charge in [-0.3, -0.25) is 0 Å². The maximum Gasteiger partial charge on any atom is 0.110 e. The van der Waals surface area contributed by atoms with Gasteiger partial charge in [-0.1, -0.05) is 6.07 Å². The van der Waals surface area contributed by atoms with Gasteiger partial charge >= 0.3 is 0 Å². The lowest BCUT2D eigenvalue weighted by atomic mass is 10.00. The van der Waals surface area contributed by atoms with Crippen molar-refractivity contribution in [2.45, 2.75) is 25.2 Å². The Kier molecular flexibility index (Phi) is 3.80. The van der Waals surface area contributed by atoms with E-state index < -0.39 is 0 Å². The number of fused-ring (bicyclic) bond motifs is 1. The molecule has 1 aliphatic heterocycles. The van der Waals surface area contributed by atoms with Crippen LogP contribution in [0.25, 0.3) is 11.0 Å². The molecule has 2 aromatic rings. The lowest BCUT2D eigenvalue weighted by Gasteiger charge is -2.19. The van der Waals surface area contributed by atoms with Crippen molar-refractivity contribution in [3.05, 3.63) is 29.6 Å². The number of hydrogen-bond acceptors (Lipinski definition) is 3. The van der Waals surface area contributed by atoms with Crippen LogP contribution in [0.3, 0.4) is 0 Å². The van der Waals surface area contributed by atoms with Crippen molar-refractivity contribution in [2.24, 2.45) is 0 Å². The summed E-state index contributed by atoms with van der Waals surface area (Å²) in [6.45, 7) is 2.72. The van der Waals surface area contributed by atoms with Gasteiger partial charge in [0.05, 0.1) is 11.0 Å². The van der Waals surface area contributed by atoms with Crippen LogP contribution in [-0.4, -0.2) is 36.8 Å². The summed E-state index contributed by atoms with van der Waals surface area (Å²) in [5.74, 6) is 1.66. The first-order chi connectivity index (χ1) is 9.36. The van der Waals surface area contributed by atoms with Gasteiger partial charge in [-0.2, -0.15) is 0 Å². The van der Waals surface area contributed by atoms with Crippen molar-refractivity contribution in [3.8, 4) is 0 Å². The van der Waals surface area contributed by atoms with Gasteiger partial charge in [-0.15, -0.1) is 0 Å². The zero-order valence-electron chi connectivity index (χ0n) is 11.4. The minimum absolute atomic E-state index is 0.530. The average molecular weight is 259 g/mol. The Morgan fingerprint density at radius 3 is 3.00 bits per heavy atom. The fraction of sp³-hybridized carbons (Fsp3) is 0.533. The van der Waals surface area contributed by atoms with Gasteiger partial charge in [0.25, 0.3) is 0 Å². The molecule has 2 N–H and O–H groups in total. The van der Waals surface area contributed by atoms with Crippen molar-refractivity contribution in [1.29, 1.82) is 0 Å². The van der Waals surface area contributed by atoms with Crippen LogP contribution in [0.5, 0.6) is 0 Å². The molecule has 4 heteroatoms. The molecule has 1 saturated heterocycles. The molecule has 1 aromatic heterocycles. The summed E-state index contributed by atoms with van der Waals surface area (Å²) in [6.07, 6.45) is 3.21. The molecular weight excluding hydrogens is 238 g/mol. The van der Waals surface area contributed by atoms with E-state index in [-0.39, 0.29) is 0 Å². The lowest BCUT2D eigenvalue weighted by molar-refractivity contribution is 0.0838. The Hall–Kier alpha value is -1.39. The summed E-state index contributed by atoms with van der Waals surface area (Å²) in [7, 11) is 1.98. The van der Waals surface area contributed by atoms with Gasteiger partial charge in [-0.05, 0) is 50.6 Å². The van der Waals surface area contributed by atoms with Crippen molar-refractivity contribution < 1.29 is 4.74 Å². The molecule has 0 aliphatic carbocycles. The van der Waals surface area contributed by atoms with Crippen LogP contribution < -0.4 is 5.32 Å². The van der Waals surface area contributed by atoms with E-state index in [1.807, 2.05) is 7.05 Å².